The smallest absolute Gasteiger partial charge is 0.410 e. The number of rotatable bonds is 3. The summed E-state index contributed by atoms with van der Waals surface area (Å²) in [5, 5.41) is 0. The number of carbonyl (C=O) groups is 2. The van der Waals surface area contributed by atoms with Gasteiger partial charge in [-0.2, -0.15) is 0 Å². The van der Waals surface area contributed by atoms with Crippen molar-refractivity contribution in [2.45, 2.75) is 19.1 Å². The average Bonchev–Trinajstić information content (AvgIpc) is 2.79. The molecule has 1 aromatic rings. The molecule has 1 aliphatic heterocycles. The molecule has 0 aliphatic carbocycles. The van der Waals surface area contributed by atoms with E-state index in [1.807, 2.05) is 30.3 Å². The van der Waals surface area contributed by atoms with Gasteiger partial charge in [0.1, 0.15) is 6.61 Å². The molecular weight excluding hydrogens is 274 g/mol. The van der Waals surface area contributed by atoms with Crippen LogP contribution in [0.15, 0.2) is 30.3 Å². The van der Waals surface area contributed by atoms with Crippen LogP contribution in [0.25, 0.3) is 0 Å². The maximum absolute atomic E-state index is 12.1. The summed E-state index contributed by atoms with van der Waals surface area (Å²) >= 11 is 0. The van der Waals surface area contributed by atoms with E-state index < -0.39 is 18.2 Å². The van der Waals surface area contributed by atoms with Crippen molar-refractivity contribution in [2.24, 2.45) is 0 Å². The fourth-order valence-corrected chi connectivity index (χ4v) is 2.08. The van der Waals surface area contributed by atoms with Crippen LogP contribution in [0.4, 0.5) is 4.79 Å². The highest BCUT2D eigenvalue weighted by molar-refractivity contribution is 5.76. The quantitative estimate of drug-likeness (QED) is 0.792. The van der Waals surface area contributed by atoms with Gasteiger partial charge in [0.15, 0.2) is 6.10 Å². The maximum atomic E-state index is 12.1. The van der Waals surface area contributed by atoms with E-state index in [1.54, 1.807) is 0 Å². The average molecular weight is 293 g/mol. The molecule has 0 spiro atoms. The van der Waals surface area contributed by atoms with Gasteiger partial charge < -0.3 is 19.1 Å². The van der Waals surface area contributed by atoms with E-state index in [-0.39, 0.29) is 13.2 Å². The molecule has 0 N–H and O–H groups in total. The first-order chi connectivity index (χ1) is 10.2. The number of methoxy groups -OCH3 is 1. The van der Waals surface area contributed by atoms with E-state index in [2.05, 4.69) is 4.74 Å². The molecule has 21 heavy (non-hydrogen) atoms. The van der Waals surface area contributed by atoms with Crippen LogP contribution in [0.5, 0.6) is 0 Å². The van der Waals surface area contributed by atoms with E-state index in [9.17, 15) is 9.59 Å². The molecule has 1 heterocycles. The summed E-state index contributed by atoms with van der Waals surface area (Å²) in [7, 11) is 1.30. The lowest BCUT2D eigenvalue weighted by molar-refractivity contribution is -0.153. The molecule has 0 bridgehead atoms. The molecular formula is C15H19NO5. The zero-order valence-electron chi connectivity index (χ0n) is 12.0. The van der Waals surface area contributed by atoms with Gasteiger partial charge >= 0.3 is 12.1 Å². The molecule has 1 atom stereocenters. The second kappa shape index (κ2) is 7.64. The molecule has 1 fully saturated rings. The molecule has 114 valence electrons. The van der Waals surface area contributed by atoms with Crippen molar-refractivity contribution in [2.75, 3.05) is 26.8 Å². The Balaban J connectivity index is 1.89. The summed E-state index contributed by atoms with van der Waals surface area (Å²) in [6.07, 6.45) is -0.534. The zero-order chi connectivity index (χ0) is 15.1. The largest absolute Gasteiger partial charge is 0.467 e. The number of hydrogen-bond acceptors (Lipinski definition) is 5. The van der Waals surface area contributed by atoms with Gasteiger partial charge in [0, 0.05) is 13.2 Å². The highest BCUT2D eigenvalue weighted by atomic mass is 16.6. The lowest BCUT2D eigenvalue weighted by Gasteiger charge is -2.22. The van der Waals surface area contributed by atoms with Gasteiger partial charge in [-0.25, -0.2) is 9.59 Å². The minimum atomic E-state index is -0.748. The van der Waals surface area contributed by atoms with Gasteiger partial charge in [-0.1, -0.05) is 30.3 Å². The molecule has 1 amide bonds. The van der Waals surface area contributed by atoms with Crippen LogP contribution in [0.1, 0.15) is 12.0 Å². The molecule has 1 aromatic carbocycles. The summed E-state index contributed by atoms with van der Waals surface area (Å²) < 4.78 is 15.3. The normalized spacial score (nSPS) is 18.7. The van der Waals surface area contributed by atoms with Gasteiger partial charge in [-0.05, 0) is 12.0 Å². The summed E-state index contributed by atoms with van der Waals surface area (Å²) in [5.41, 5.74) is 0.918. The Hall–Kier alpha value is -2.08. The Kier molecular flexibility index (Phi) is 5.57. The van der Waals surface area contributed by atoms with Gasteiger partial charge in [-0.15, -0.1) is 0 Å². The van der Waals surface area contributed by atoms with Gasteiger partial charge in [0.25, 0.3) is 0 Å². The lowest BCUT2D eigenvalue weighted by Crippen LogP contribution is -2.40. The first kappa shape index (κ1) is 15.3. The van der Waals surface area contributed by atoms with Gasteiger partial charge in [0.2, 0.25) is 0 Å². The summed E-state index contributed by atoms with van der Waals surface area (Å²) in [6.45, 7) is 1.28. The Labute approximate surface area is 123 Å². The first-order valence-electron chi connectivity index (χ1n) is 6.86. The first-order valence-corrected chi connectivity index (χ1v) is 6.86. The Morgan fingerprint density at radius 2 is 2.10 bits per heavy atom. The topological polar surface area (TPSA) is 65.1 Å². The third-order valence-electron chi connectivity index (χ3n) is 3.21. The van der Waals surface area contributed by atoms with Crippen molar-refractivity contribution >= 4 is 12.1 Å². The Morgan fingerprint density at radius 3 is 2.81 bits per heavy atom. The third-order valence-corrected chi connectivity index (χ3v) is 3.21. The van der Waals surface area contributed by atoms with E-state index in [4.69, 9.17) is 9.47 Å². The van der Waals surface area contributed by atoms with Crippen LogP contribution in [0.3, 0.4) is 0 Å². The molecule has 1 unspecified atom stereocenters. The fraction of sp³-hybridized carbons (Fsp3) is 0.467. The molecule has 0 radical (unpaired) electrons. The number of carbonyl (C=O) groups excluding carboxylic acids is 2. The Morgan fingerprint density at radius 1 is 1.33 bits per heavy atom. The van der Waals surface area contributed by atoms with Crippen LogP contribution in [-0.2, 0) is 25.6 Å². The minimum absolute atomic E-state index is 0.153. The Bertz CT molecular complexity index is 476. The number of benzene rings is 1. The monoisotopic (exact) mass is 293 g/mol. The van der Waals surface area contributed by atoms with Crippen molar-refractivity contribution in [3.8, 4) is 0 Å². The number of amides is 1. The predicted molar refractivity (Wildman–Crippen MR) is 74.6 cm³/mol. The highest BCUT2D eigenvalue weighted by Gasteiger charge is 2.29. The number of esters is 1. The molecule has 1 saturated heterocycles. The van der Waals surface area contributed by atoms with E-state index in [1.165, 1.54) is 12.0 Å². The van der Waals surface area contributed by atoms with Gasteiger partial charge in [-0.3, -0.25) is 0 Å². The summed E-state index contributed by atoms with van der Waals surface area (Å²) in [6, 6.07) is 9.44. The maximum Gasteiger partial charge on any atom is 0.410 e. The molecule has 1 aliphatic rings. The van der Waals surface area contributed by atoms with Crippen molar-refractivity contribution in [1.82, 2.24) is 4.90 Å². The van der Waals surface area contributed by atoms with Crippen molar-refractivity contribution < 1.29 is 23.8 Å². The molecule has 2 rings (SSSR count). The van der Waals surface area contributed by atoms with Gasteiger partial charge in [0.05, 0.1) is 13.7 Å². The predicted octanol–water partition coefficient (Wildman–Crippen LogP) is 1.59. The van der Waals surface area contributed by atoms with E-state index in [0.29, 0.717) is 19.6 Å². The summed E-state index contributed by atoms with van der Waals surface area (Å²) in [5.74, 6) is -0.474. The van der Waals surface area contributed by atoms with Crippen molar-refractivity contribution in [3.63, 3.8) is 0 Å². The van der Waals surface area contributed by atoms with Crippen LogP contribution in [0, 0.1) is 0 Å². The molecule has 6 nitrogen and oxygen atoms in total. The zero-order valence-corrected chi connectivity index (χ0v) is 12.0. The summed E-state index contributed by atoms with van der Waals surface area (Å²) in [4.78, 5) is 25.1. The van der Waals surface area contributed by atoms with Crippen LogP contribution in [0.2, 0.25) is 0 Å². The molecule has 0 saturated carbocycles. The van der Waals surface area contributed by atoms with Crippen LogP contribution in [-0.4, -0.2) is 49.9 Å². The lowest BCUT2D eigenvalue weighted by atomic mass is 10.2. The van der Waals surface area contributed by atoms with E-state index in [0.717, 1.165) is 5.56 Å². The van der Waals surface area contributed by atoms with Crippen molar-refractivity contribution in [1.29, 1.82) is 0 Å². The van der Waals surface area contributed by atoms with Crippen LogP contribution < -0.4 is 0 Å². The molecule has 0 aromatic heterocycles. The number of nitrogens with zero attached hydrogens (tertiary/aromatic N) is 1. The minimum Gasteiger partial charge on any atom is -0.467 e. The van der Waals surface area contributed by atoms with E-state index >= 15 is 0 Å². The number of ether oxygens (including phenoxy) is 3. The van der Waals surface area contributed by atoms with Crippen LogP contribution >= 0.6 is 0 Å². The third kappa shape index (κ3) is 4.46. The second-order valence-corrected chi connectivity index (χ2v) is 4.72. The SMILES string of the molecule is COC(=O)C1CN(C(=O)OCc2ccccc2)CCCO1. The fourth-order valence-electron chi connectivity index (χ4n) is 2.08. The van der Waals surface area contributed by atoms with Crippen molar-refractivity contribution in [3.05, 3.63) is 35.9 Å². The molecule has 6 heteroatoms. The standard InChI is InChI=1S/C15H19NO5/c1-19-14(17)13-10-16(8-5-9-20-13)15(18)21-11-12-6-3-2-4-7-12/h2-4,6-7,13H,5,8-11H2,1H3. The highest BCUT2D eigenvalue weighted by Crippen LogP contribution is 2.10. The number of hydrogen-bond donors (Lipinski definition) is 0. The second-order valence-electron chi connectivity index (χ2n) is 4.72.